The van der Waals surface area contributed by atoms with Gasteiger partial charge >= 0.3 is 0 Å². The molecular formula is C12H12F2N4O2. The zero-order chi connectivity index (χ0) is 14.5. The maximum atomic E-state index is 13.6. The van der Waals surface area contributed by atoms with Gasteiger partial charge in [-0.3, -0.25) is 10.1 Å². The van der Waals surface area contributed by atoms with E-state index in [0.717, 1.165) is 12.1 Å². The standard InChI is InChI=1S/C12H12F2N4O2/c13-9-2-3-10(18(19)20)12(11(9)14)16-4-1-6-17-7-5-15-8-17/h2-3,5,7-8,16H,1,4,6H2. The van der Waals surface area contributed by atoms with Crippen LogP contribution < -0.4 is 5.32 Å². The fourth-order valence-electron chi connectivity index (χ4n) is 1.75. The number of nitrogens with zero attached hydrogens (tertiary/aromatic N) is 3. The molecular weight excluding hydrogens is 270 g/mol. The number of imidazole rings is 1. The molecule has 0 amide bonds. The van der Waals surface area contributed by atoms with E-state index in [1.54, 1.807) is 18.7 Å². The summed E-state index contributed by atoms with van der Waals surface area (Å²) in [5.41, 5.74) is -0.896. The van der Waals surface area contributed by atoms with Gasteiger partial charge in [-0.05, 0) is 12.5 Å². The van der Waals surface area contributed by atoms with Crippen molar-refractivity contribution in [1.82, 2.24) is 9.55 Å². The summed E-state index contributed by atoms with van der Waals surface area (Å²) in [6.07, 6.45) is 5.62. The molecule has 0 radical (unpaired) electrons. The van der Waals surface area contributed by atoms with E-state index >= 15 is 0 Å². The molecule has 6 nitrogen and oxygen atoms in total. The molecule has 1 N–H and O–H groups in total. The molecule has 0 aliphatic carbocycles. The minimum absolute atomic E-state index is 0.277. The maximum absolute atomic E-state index is 13.6. The van der Waals surface area contributed by atoms with Crippen molar-refractivity contribution in [2.45, 2.75) is 13.0 Å². The van der Waals surface area contributed by atoms with Gasteiger partial charge in [-0.25, -0.2) is 13.8 Å². The van der Waals surface area contributed by atoms with Crippen molar-refractivity contribution in [1.29, 1.82) is 0 Å². The third-order valence-corrected chi connectivity index (χ3v) is 2.72. The summed E-state index contributed by atoms with van der Waals surface area (Å²) < 4.78 is 28.5. The third-order valence-electron chi connectivity index (χ3n) is 2.72. The van der Waals surface area contributed by atoms with Crippen LogP contribution in [0.2, 0.25) is 0 Å². The third kappa shape index (κ3) is 3.08. The zero-order valence-corrected chi connectivity index (χ0v) is 10.4. The Bertz CT molecular complexity index is 602. The van der Waals surface area contributed by atoms with Crippen molar-refractivity contribution in [3.8, 4) is 0 Å². The highest BCUT2D eigenvalue weighted by Gasteiger charge is 2.20. The van der Waals surface area contributed by atoms with E-state index in [4.69, 9.17) is 0 Å². The molecule has 0 fully saturated rings. The summed E-state index contributed by atoms with van der Waals surface area (Å²) in [5.74, 6) is -2.35. The van der Waals surface area contributed by atoms with E-state index in [1.807, 2.05) is 4.57 Å². The Hall–Kier alpha value is -2.51. The number of anilines is 1. The minimum atomic E-state index is -1.23. The maximum Gasteiger partial charge on any atom is 0.295 e. The van der Waals surface area contributed by atoms with Crippen molar-refractivity contribution in [2.75, 3.05) is 11.9 Å². The van der Waals surface area contributed by atoms with Crippen molar-refractivity contribution in [3.63, 3.8) is 0 Å². The second kappa shape index (κ2) is 6.09. The number of aryl methyl sites for hydroxylation is 1. The van der Waals surface area contributed by atoms with E-state index in [9.17, 15) is 18.9 Å². The Kier molecular flexibility index (Phi) is 4.24. The number of hydrogen-bond donors (Lipinski definition) is 1. The fourth-order valence-corrected chi connectivity index (χ4v) is 1.75. The largest absolute Gasteiger partial charge is 0.377 e. The number of nitro groups is 1. The predicted octanol–water partition coefficient (Wildman–Crippen LogP) is 2.57. The summed E-state index contributed by atoms with van der Waals surface area (Å²) in [7, 11) is 0. The molecule has 0 atom stereocenters. The van der Waals surface area contributed by atoms with E-state index < -0.39 is 27.9 Å². The molecule has 8 heteroatoms. The lowest BCUT2D eigenvalue weighted by molar-refractivity contribution is -0.384. The average Bonchev–Trinajstić information content (AvgIpc) is 2.92. The molecule has 106 valence electrons. The predicted molar refractivity (Wildman–Crippen MR) is 68.3 cm³/mol. The first-order chi connectivity index (χ1) is 9.59. The average molecular weight is 282 g/mol. The molecule has 0 aliphatic heterocycles. The van der Waals surface area contributed by atoms with Crippen LogP contribution in [0.15, 0.2) is 30.9 Å². The van der Waals surface area contributed by atoms with Gasteiger partial charge in [-0.15, -0.1) is 0 Å². The Morgan fingerprint density at radius 3 is 2.85 bits per heavy atom. The number of hydrogen-bond acceptors (Lipinski definition) is 4. The molecule has 1 aromatic carbocycles. The van der Waals surface area contributed by atoms with Gasteiger partial charge in [0.2, 0.25) is 0 Å². The zero-order valence-electron chi connectivity index (χ0n) is 10.4. The Morgan fingerprint density at radius 1 is 1.40 bits per heavy atom. The van der Waals surface area contributed by atoms with E-state index in [-0.39, 0.29) is 6.54 Å². The number of nitrogens with one attached hydrogen (secondary N) is 1. The highest BCUT2D eigenvalue weighted by molar-refractivity contribution is 5.62. The lowest BCUT2D eigenvalue weighted by atomic mass is 10.2. The summed E-state index contributed by atoms with van der Waals surface area (Å²) in [4.78, 5) is 13.9. The van der Waals surface area contributed by atoms with Gasteiger partial charge in [0.05, 0.1) is 11.3 Å². The van der Waals surface area contributed by atoms with Gasteiger partial charge < -0.3 is 9.88 Å². The number of halogens is 2. The topological polar surface area (TPSA) is 73.0 Å². The second-order valence-electron chi connectivity index (χ2n) is 4.09. The van der Waals surface area contributed by atoms with Crippen LogP contribution in [0, 0.1) is 21.7 Å². The molecule has 0 saturated carbocycles. The Labute approximate surface area is 113 Å². The molecule has 0 spiro atoms. The summed E-state index contributed by atoms with van der Waals surface area (Å²) in [6.45, 7) is 0.900. The number of rotatable bonds is 6. The van der Waals surface area contributed by atoms with Crippen LogP contribution in [-0.2, 0) is 6.54 Å². The van der Waals surface area contributed by atoms with Crippen molar-refractivity contribution < 1.29 is 13.7 Å². The van der Waals surface area contributed by atoms with E-state index in [1.165, 1.54) is 0 Å². The summed E-state index contributed by atoms with van der Waals surface area (Å²) in [6, 6.07) is 1.68. The van der Waals surface area contributed by atoms with Gasteiger partial charge in [0.25, 0.3) is 5.69 Å². The first-order valence-electron chi connectivity index (χ1n) is 5.91. The smallest absolute Gasteiger partial charge is 0.295 e. The molecule has 2 rings (SSSR count). The van der Waals surface area contributed by atoms with Crippen molar-refractivity contribution >= 4 is 11.4 Å². The number of benzene rings is 1. The molecule has 2 aromatic rings. The molecule has 0 saturated heterocycles. The second-order valence-corrected chi connectivity index (χ2v) is 4.09. The van der Waals surface area contributed by atoms with E-state index in [0.29, 0.717) is 13.0 Å². The lowest BCUT2D eigenvalue weighted by Gasteiger charge is -2.09. The lowest BCUT2D eigenvalue weighted by Crippen LogP contribution is -2.09. The number of aromatic nitrogens is 2. The fraction of sp³-hybridized carbons (Fsp3) is 0.250. The van der Waals surface area contributed by atoms with Gasteiger partial charge in [0, 0.05) is 31.5 Å². The first kappa shape index (κ1) is 13.9. The quantitative estimate of drug-likeness (QED) is 0.502. The monoisotopic (exact) mass is 282 g/mol. The summed E-state index contributed by atoms with van der Waals surface area (Å²) >= 11 is 0. The number of nitro benzene ring substituents is 1. The van der Waals surface area contributed by atoms with Crippen LogP contribution in [-0.4, -0.2) is 21.0 Å². The Balaban J connectivity index is 2.01. The van der Waals surface area contributed by atoms with Crippen LogP contribution in [0.4, 0.5) is 20.2 Å². The van der Waals surface area contributed by atoms with Crippen LogP contribution >= 0.6 is 0 Å². The van der Waals surface area contributed by atoms with Crippen LogP contribution in [0.25, 0.3) is 0 Å². The van der Waals surface area contributed by atoms with Crippen molar-refractivity contribution in [3.05, 3.63) is 52.6 Å². The molecule has 1 heterocycles. The van der Waals surface area contributed by atoms with Gasteiger partial charge in [0.1, 0.15) is 0 Å². The SMILES string of the molecule is O=[N+]([O-])c1ccc(F)c(F)c1NCCCn1ccnc1. The van der Waals surface area contributed by atoms with Crippen LogP contribution in [0.1, 0.15) is 6.42 Å². The normalized spacial score (nSPS) is 10.5. The summed E-state index contributed by atoms with van der Waals surface area (Å²) in [5, 5.41) is 13.3. The van der Waals surface area contributed by atoms with Crippen LogP contribution in [0.3, 0.4) is 0 Å². The molecule has 0 aliphatic rings. The molecule has 20 heavy (non-hydrogen) atoms. The molecule has 0 unspecified atom stereocenters. The molecule has 1 aromatic heterocycles. The minimum Gasteiger partial charge on any atom is -0.377 e. The first-order valence-corrected chi connectivity index (χ1v) is 5.91. The molecule has 0 bridgehead atoms. The Morgan fingerprint density at radius 2 is 2.20 bits per heavy atom. The van der Waals surface area contributed by atoms with Gasteiger partial charge in [-0.1, -0.05) is 0 Å². The van der Waals surface area contributed by atoms with Crippen LogP contribution in [0.5, 0.6) is 0 Å². The highest BCUT2D eigenvalue weighted by atomic mass is 19.2. The van der Waals surface area contributed by atoms with Gasteiger partial charge in [0.15, 0.2) is 17.3 Å². The van der Waals surface area contributed by atoms with E-state index in [2.05, 4.69) is 10.3 Å². The van der Waals surface area contributed by atoms with Gasteiger partial charge in [-0.2, -0.15) is 0 Å². The highest BCUT2D eigenvalue weighted by Crippen LogP contribution is 2.28. The van der Waals surface area contributed by atoms with Crippen molar-refractivity contribution in [2.24, 2.45) is 0 Å².